The molecule has 0 spiro atoms. The molecule has 2 aromatic carbocycles. The van der Waals surface area contributed by atoms with Crippen molar-refractivity contribution in [2.24, 2.45) is 5.92 Å². The van der Waals surface area contributed by atoms with Crippen molar-refractivity contribution in [3.63, 3.8) is 0 Å². The Labute approximate surface area is 135 Å². The smallest absolute Gasteiger partial charge is 0.131 e. The molecule has 0 atom stereocenters. The molecule has 0 radical (unpaired) electrons. The summed E-state index contributed by atoms with van der Waals surface area (Å²) in [5.41, 5.74) is 2.39. The van der Waals surface area contributed by atoms with Crippen LogP contribution >= 0.6 is 15.9 Å². The van der Waals surface area contributed by atoms with Crippen LogP contribution < -0.4 is 10.1 Å². The number of hydrogen-bond acceptors (Lipinski definition) is 2. The first-order valence-corrected chi connectivity index (χ1v) is 8.07. The Hall–Kier alpha value is -1.32. The van der Waals surface area contributed by atoms with E-state index >= 15 is 0 Å². The van der Waals surface area contributed by atoms with Gasteiger partial charge in [-0.05, 0) is 49.7 Å². The number of aryl methyl sites for hydroxylation is 1. The normalized spacial score (nSPS) is 10.9. The van der Waals surface area contributed by atoms with Gasteiger partial charge >= 0.3 is 0 Å². The predicted molar refractivity (Wildman–Crippen MR) is 91.9 cm³/mol. The topological polar surface area (TPSA) is 21.3 Å². The van der Waals surface area contributed by atoms with Crippen LogP contribution in [0.4, 0.5) is 0 Å². The number of rotatable bonds is 6. The van der Waals surface area contributed by atoms with Crippen molar-refractivity contribution in [2.75, 3.05) is 6.54 Å². The van der Waals surface area contributed by atoms with Gasteiger partial charge in [0.15, 0.2) is 0 Å². The van der Waals surface area contributed by atoms with Crippen LogP contribution in [0, 0.1) is 12.8 Å². The summed E-state index contributed by atoms with van der Waals surface area (Å²) in [4.78, 5) is 0. The lowest BCUT2D eigenvalue weighted by atomic mass is 10.1. The van der Waals surface area contributed by atoms with Crippen molar-refractivity contribution in [3.05, 3.63) is 58.1 Å². The van der Waals surface area contributed by atoms with Crippen molar-refractivity contribution in [2.45, 2.75) is 27.3 Å². The molecular weight excluding hydrogens is 326 g/mol. The fourth-order valence-corrected chi connectivity index (χ4v) is 2.42. The molecule has 2 rings (SSSR count). The second kappa shape index (κ2) is 7.62. The Morgan fingerprint density at radius 1 is 1.10 bits per heavy atom. The van der Waals surface area contributed by atoms with E-state index in [0.29, 0.717) is 5.92 Å². The summed E-state index contributed by atoms with van der Waals surface area (Å²) in [5.74, 6) is 2.41. The average Bonchev–Trinajstić information content (AvgIpc) is 2.43. The Balaban J connectivity index is 2.12. The van der Waals surface area contributed by atoms with E-state index in [1.54, 1.807) is 0 Å². The second-order valence-electron chi connectivity index (χ2n) is 5.69. The van der Waals surface area contributed by atoms with Crippen LogP contribution in [0.3, 0.4) is 0 Å². The van der Waals surface area contributed by atoms with Gasteiger partial charge in [-0.3, -0.25) is 0 Å². The maximum Gasteiger partial charge on any atom is 0.131 e. The lowest BCUT2D eigenvalue weighted by Crippen LogP contribution is -2.19. The molecular formula is C18H22BrNO. The zero-order valence-corrected chi connectivity index (χ0v) is 14.4. The Morgan fingerprint density at radius 2 is 1.81 bits per heavy atom. The summed E-state index contributed by atoms with van der Waals surface area (Å²) in [6.07, 6.45) is 0. The zero-order valence-electron chi connectivity index (χ0n) is 12.8. The maximum absolute atomic E-state index is 6.02. The highest BCUT2D eigenvalue weighted by Gasteiger charge is 2.06. The van der Waals surface area contributed by atoms with Gasteiger partial charge in [0.05, 0.1) is 0 Å². The van der Waals surface area contributed by atoms with E-state index in [1.165, 1.54) is 5.56 Å². The number of halogens is 1. The fraction of sp³-hybridized carbons (Fsp3) is 0.333. The molecule has 0 aliphatic rings. The predicted octanol–water partition coefficient (Wildman–Crippen LogP) is 5.30. The summed E-state index contributed by atoms with van der Waals surface area (Å²) in [6.45, 7) is 8.29. The molecule has 2 aromatic rings. The molecule has 112 valence electrons. The molecule has 0 aromatic heterocycles. The van der Waals surface area contributed by atoms with Gasteiger partial charge in [-0.25, -0.2) is 0 Å². The SMILES string of the molecule is Cc1ccc(Oc2ccc(Br)cc2CNCC(C)C)cc1. The minimum atomic E-state index is 0.638. The average molecular weight is 348 g/mol. The van der Waals surface area contributed by atoms with Gasteiger partial charge in [0.2, 0.25) is 0 Å². The largest absolute Gasteiger partial charge is 0.457 e. The Morgan fingerprint density at radius 3 is 2.48 bits per heavy atom. The van der Waals surface area contributed by atoms with Gasteiger partial charge in [-0.2, -0.15) is 0 Å². The fourth-order valence-electron chi connectivity index (χ4n) is 2.01. The van der Waals surface area contributed by atoms with Gasteiger partial charge < -0.3 is 10.1 Å². The van der Waals surface area contributed by atoms with Crippen molar-refractivity contribution in [3.8, 4) is 11.5 Å². The highest BCUT2D eigenvalue weighted by molar-refractivity contribution is 9.10. The van der Waals surface area contributed by atoms with Crippen LogP contribution in [0.1, 0.15) is 25.0 Å². The zero-order chi connectivity index (χ0) is 15.2. The monoisotopic (exact) mass is 347 g/mol. The van der Waals surface area contributed by atoms with Gasteiger partial charge in [-0.1, -0.05) is 47.5 Å². The first-order chi connectivity index (χ1) is 10.0. The molecule has 1 N–H and O–H groups in total. The van der Waals surface area contributed by atoms with Crippen LogP contribution in [-0.4, -0.2) is 6.54 Å². The van der Waals surface area contributed by atoms with Gasteiger partial charge in [0, 0.05) is 16.6 Å². The van der Waals surface area contributed by atoms with Crippen LogP contribution in [0.25, 0.3) is 0 Å². The second-order valence-corrected chi connectivity index (χ2v) is 6.61. The molecule has 21 heavy (non-hydrogen) atoms. The molecule has 0 unspecified atom stereocenters. The number of ether oxygens (including phenoxy) is 1. The highest BCUT2D eigenvalue weighted by Crippen LogP contribution is 2.28. The number of hydrogen-bond donors (Lipinski definition) is 1. The molecule has 0 saturated carbocycles. The number of nitrogens with one attached hydrogen (secondary N) is 1. The van der Waals surface area contributed by atoms with E-state index in [0.717, 1.165) is 34.6 Å². The molecule has 0 aliphatic carbocycles. The third-order valence-corrected chi connectivity index (χ3v) is 3.63. The Bertz CT molecular complexity index is 578. The molecule has 0 saturated heterocycles. The minimum Gasteiger partial charge on any atom is -0.457 e. The van der Waals surface area contributed by atoms with Crippen molar-refractivity contribution >= 4 is 15.9 Å². The van der Waals surface area contributed by atoms with E-state index < -0.39 is 0 Å². The highest BCUT2D eigenvalue weighted by atomic mass is 79.9. The van der Waals surface area contributed by atoms with Crippen LogP contribution in [-0.2, 0) is 6.54 Å². The summed E-state index contributed by atoms with van der Waals surface area (Å²) in [6, 6.07) is 14.3. The van der Waals surface area contributed by atoms with E-state index in [1.807, 2.05) is 24.3 Å². The quantitative estimate of drug-likeness (QED) is 0.765. The summed E-state index contributed by atoms with van der Waals surface area (Å²) in [7, 11) is 0. The minimum absolute atomic E-state index is 0.638. The first-order valence-electron chi connectivity index (χ1n) is 7.28. The van der Waals surface area contributed by atoms with Crippen LogP contribution in [0.15, 0.2) is 46.9 Å². The van der Waals surface area contributed by atoms with Crippen LogP contribution in [0.5, 0.6) is 11.5 Å². The molecule has 0 aliphatic heterocycles. The molecule has 0 amide bonds. The van der Waals surface area contributed by atoms with Crippen molar-refractivity contribution in [1.82, 2.24) is 5.32 Å². The van der Waals surface area contributed by atoms with Gasteiger partial charge in [0.1, 0.15) is 11.5 Å². The molecule has 2 nitrogen and oxygen atoms in total. The Kier molecular flexibility index (Phi) is 5.83. The third kappa shape index (κ3) is 5.18. The number of benzene rings is 2. The standard InChI is InChI=1S/C18H22BrNO/c1-13(2)11-20-12-15-10-16(19)6-9-18(15)21-17-7-4-14(3)5-8-17/h4-10,13,20H,11-12H2,1-3H3. The maximum atomic E-state index is 6.02. The molecule has 0 fully saturated rings. The first kappa shape index (κ1) is 16.1. The van der Waals surface area contributed by atoms with E-state index in [-0.39, 0.29) is 0 Å². The van der Waals surface area contributed by atoms with Crippen molar-refractivity contribution in [1.29, 1.82) is 0 Å². The molecule has 3 heteroatoms. The lowest BCUT2D eigenvalue weighted by molar-refractivity contribution is 0.469. The summed E-state index contributed by atoms with van der Waals surface area (Å²) < 4.78 is 7.09. The lowest BCUT2D eigenvalue weighted by Gasteiger charge is -2.13. The molecule has 0 heterocycles. The van der Waals surface area contributed by atoms with Gasteiger partial charge in [-0.15, -0.1) is 0 Å². The van der Waals surface area contributed by atoms with Crippen LogP contribution in [0.2, 0.25) is 0 Å². The van der Waals surface area contributed by atoms with E-state index in [4.69, 9.17) is 4.74 Å². The summed E-state index contributed by atoms with van der Waals surface area (Å²) in [5, 5.41) is 3.46. The van der Waals surface area contributed by atoms with E-state index in [9.17, 15) is 0 Å². The van der Waals surface area contributed by atoms with Gasteiger partial charge in [0.25, 0.3) is 0 Å². The summed E-state index contributed by atoms with van der Waals surface area (Å²) >= 11 is 3.53. The van der Waals surface area contributed by atoms with Crippen molar-refractivity contribution < 1.29 is 4.74 Å². The third-order valence-electron chi connectivity index (χ3n) is 3.14. The molecule has 0 bridgehead atoms. The van der Waals surface area contributed by atoms with E-state index in [2.05, 4.69) is 60.2 Å².